The van der Waals surface area contributed by atoms with Crippen molar-refractivity contribution in [3.8, 4) is 0 Å². The number of para-hydroxylation sites is 2. The average molecular weight is 386 g/mol. The Labute approximate surface area is 124 Å². The zero-order chi connectivity index (χ0) is 12.5. The van der Waals surface area contributed by atoms with Crippen molar-refractivity contribution >= 4 is 54.7 Å². The van der Waals surface area contributed by atoms with Gasteiger partial charge in [-0.05, 0) is 61.8 Å². The molecule has 0 aliphatic carbocycles. The van der Waals surface area contributed by atoms with Crippen LogP contribution in [0, 0.1) is 0 Å². The lowest BCUT2D eigenvalue weighted by atomic mass is 10.3. The fraction of sp³-hybridized carbons (Fsp3) is 0. The highest BCUT2D eigenvalue weighted by Crippen LogP contribution is 2.33. The first-order valence-electron chi connectivity index (χ1n) is 5.07. The molecule has 0 radical (unpaired) electrons. The highest BCUT2D eigenvalue weighted by Gasteiger charge is 2.10. The van der Waals surface area contributed by atoms with Crippen LogP contribution in [0.3, 0.4) is 0 Å². The Hall–Kier alpha value is -0.850. The molecule has 0 N–H and O–H groups in total. The number of oxazole rings is 1. The second-order valence-corrected chi connectivity index (χ2v) is 6.20. The minimum absolute atomic E-state index is 0.590. The molecule has 18 heavy (non-hydrogen) atoms. The maximum absolute atomic E-state index is 5.64. The van der Waals surface area contributed by atoms with Crippen molar-refractivity contribution in [1.29, 1.82) is 0 Å². The minimum Gasteiger partial charge on any atom is -0.431 e. The molecule has 3 nitrogen and oxygen atoms in total. The average Bonchev–Trinajstić information content (AvgIpc) is 2.75. The molecule has 6 heteroatoms. The van der Waals surface area contributed by atoms with Gasteiger partial charge in [0, 0.05) is 10.7 Å². The summed E-state index contributed by atoms with van der Waals surface area (Å²) in [5, 5.41) is 1.41. The van der Waals surface area contributed by atoms with Crippen molar-refractivity contribution < 1.29 is 4.42 Å². The molecule has 0 atom stereocenters. The number of rotatable bonds is 2. The van der Waals surface area contributed by atoms with E-state index in [0.29, 0.717) is 5.22 Å². The lowest BCUT2D eigenvalue weighted by molar-refractivity contribution is 0.489. The van der Waals surface area contributed by atoms with E-state index >= 15 is 0 Å². The standard InChI is InChI=1S/C12H6Br2N2OS/c13-7-5-8(14)11(15-6-7)18-12-16-9-3-1-2-4-10(9)17-12/h1-6H. The van der Waals surface area contributed by atoms with E-state index in [1.54, 1.807) is 6.20 Å². The van der Waals surface area contributed by atoms with Crippen LogP contribution >= 0.6 is 43.6 Å². The molecule has 1 aromatic carbocycles. The second-order valence-electron chi connectivity index (χ2n) is 3.49. The lowest BCUT2D eigenvalue weighted by Crippen LogP contribution is -1.82. The monoisotopic (exact) mass is 384 g/mol. The summed E-state index contributed by atoms with van der Waals surface area (Å²) in [5.74, 6) is 0. The predicted molar refractivity (Wildman–Crippen MR) is 77.8 cm³/mol. The van der Waals surface area contributed by atoms with E-state index < -0.39 is 0 Å². The highest BCUT2D eigenvalue weighted by atomic mass is 79.9. The van der Waals surface area contributed by atoms with Crippen molar-refractivity contribution in [2.75, 3.05) is 0 Å². The van der Waals surface area contributed by atoms with Crippen LogP contribution in [-0.4, -0.2) is 9.97 Å². The van der Waals surface area contributed by atoms with E-state index in [-0.39, 0.29) is 0 Å². The summed E-state index contributed by atoms with van der Waals surface area (Å²) in [6.45, 7) is 0. The molecule has 3 rings (SSSR count). The molecular formula is C12H6Br2N2OS. The first kappa shape index (κ1) is 12.2. The summed E-state index contributed by atoms with van der Waals surface area (Å²) in [5.41, 5.74) is 1.64. The fourth-order valence-corrected chi connectivity index (χ4v) is 3.39. The summed E-state index contributed by atoms with van der Waals surface area (Å²) in [6, 6.07) is 9.63. The van der Waals surface area contributed by atoms with Gasteiger partial charge in [-0.15, -0.1) is 0 Å². The molecule has 3 aromatic rings. The zero-order valence-electron chi connectivity index (χ0n) is 8.93. The Morgan fingerprint density at radius 1 is 1.17 bits per heavy atom. The fourth-order valence-electron chi connectivity index (χ4n) is 1.45. The summed E-state index contributed by atoms with van der Waals surface area (Å²) in [4.78, 5) is 8.71. The number of nitrogens with zero attached hydrogens (tertiary/aromatic N) is 2. The summed E-state index contributed by atoms with van der Waals surface area (Å²) in [7, 11) is 0. The van der Waals surface area contributed by atoms with E-state index in [1.165, 1.54) is 11.8 Å². The molecule has 0 bridgehead atoms. The molecule has 0 amide bonds. The van der Waals surface area contributed by atoms with Gasteiger partial charge in [-0.3, -0.25) is 0 Å². The van der Waals surface area contributed by atoms with Gasteiger partial charge < -0.3 is 4.42 Å². The van der Waals surface area contributed by atoms with Crippen LogP contribution in [0.5, 0.6) is 0 Å². The molecule has 2 heterocycles. The largest absolute Gasteiger partial charge is 0.431 e. The van der Waals surface area contributed by atoms with Gasteiger partial charge in [-0.1, -0.05) is 12.1 Å². The minimum atomic E-state index is 0.590. The highest BCUT2D eigenvalue weighted by molar-refractivity contribution is 9.11. The molecule has 0 spiro atoms. The van der Waals surface area contributed by atoms with Crippen molar-refractivity contribution in [1.82, 2.24) is 9.97 Å². The Morgan fingerprint density at radius 3 is 2.78 bits per heavy atom. The van der Waals surface area contributed by atoms with Crippen LogP contribution in [0.15, 0.2) is 60.1 Å². The number of pyridine rings is 1. The Morgan fingerprint density at radius 2 is 2.00 bits per heavy atom. The number of fused-ring (bicyclic) bond motifs is 1. The van der Waals surface area contributed by atoms with Crippen molar-refractivity contribution in [3.63, 3.8) is 0 Å². The summed E-state index contributed by atoms with van der Waals surface area (Å²) < 4.78 is 7.47. The van der Waals surface area contributed by atoms with Crippen LogP contribution in [0.4, 0.5) is 0 Å². The zero-order valence-corrected chi connectivity index (χ0v) is 12.9. The van der Waals surface area contributed by atoms with E-state index in [4.69, 9.17) is 4.42 Å². The lowest BCUT2D eigenvalue weighted by Gasteiger charge is -1.99. The molecule has 0 aliphatic heterocycles. The first-order valence-corrected chi connectivity index (χ1v) is 7.47. The van der Waals surface area contributed by atoms with Crippen LogP contribution in [0.1, 0.15) is 0 Å². The number of benzene rings is 1. The molecule has 2 aromatic heterocycles. The van der Waals surface area contributed by atoms with Crippen LogP contribution < -0.4 is 0 Å². The SMILES string of the molecule is Brc1cnc(Sc2nc3ccccc3o2)c(Br)c1. The molecular weight excluding hydrogens is 380 g/mol. The molecule has 0 saturated carbocycles. The van der Waals surface area contributed by atoms with Gasteiger partial charge in [0.25, 0.3) is 5.22 Å². The third kappa shape index (κ3) is 2.46. The van der Waals surface area contributed by atoms with Gasteiger partial charge in [0.1, 0.15) is 10.5 Å². The number of halogens is 2. The van der Waals surface area contributed by atoms with E-state index in [1.807, 2.05) is 30.3 Å². The first-order chi connectivity index (χ1) is 8.72. The van der Waals surface area contributed by atoms with Gasteiger partial charge in [0.2, 0.25) is 0 Å². The topological polar surface area (TPSA) is 38.9 Å². The maximum Gasteiger partial charge on any atom is 0.263 e. The number of aromatic nitrogens is 2. The number of hydrogen-bond donors (Lipinski definition) is 0. The van der Waals surface area contributed by atoms with Gasteiger partial charge >= 0.3 is 0 Å². The molecule has 0 fully saturated rings. The van der Waals surface area contributed by atoms with E-state index in [2.05, 4.69) is 41.8 Å². The Kier molecular flexibility index (Phi) is 3.41. The molecule has 0 aliphatic rings. The van der Waals surface area contributed by atoms with Gasteiger partial charge in [0.05, 0.1) is 4.47 Å². The normalized spacial score (nSPS) is 11.0. The number of hydrogen-bond acceptors (Lipinski definition) is 4. The van der Waals surface area contributed by atoms with Crippen molar-refractivity contribution in [2.24, 2.45) is 0 Å². The molecule has 0 saturated heterocycles. The Balaban J connectivity index is 1.96. The van der Waals surface area contributed by atoms with Crippen molar-refractivity contribution in [3.05, 3.63) is 45.5 Å². The third-order valence-electron chi connectivity index (χ3n) is 2.23. The van der Waals surface area contributed by atoms with Gasteiger partial charge in [-0.2, -0.15) is 0 Å². The molecule has 0 unspecified atom stereocenters. The Bertz CT molecular complexity index is 681. The van der Waals surface area contributed by atoms with Gasteiger partial charge in [-0.25, -0.2) is 9.97 Å². The predicted octanol–water partition coefficient (Wildman–Crippen LogP) is 4.90. The van der Waals surface area contributed by atoms with Crippen LogP contribution in [-0.2, 0) is 0 Å². The van der Waals surface area contributed by atoms with E-state index in [0.717, 1.165) is 25.1 Å². The quantitative estimate of drug-likeness (QED) is 0.628. The van der Waals surface area contributed by atoms with Crippen LogP contribution in [0.2, 0.25) is 0 Å². The van der Waals surface area contributed by atoms with Crippen molar-refractivity contribution in [2.45, 2.75) is 10.2 Å². The smallest absolute Gasteiger partial charge is 0.263 e. The molecule has 90 valence electrons. The van der Waals surface area contributed by atoms with Crippen LogP contribution in [0.25, 0.3) is 11.1 Å². The second kappa shape index (κ2) is 5.03. The third-order valence-corrected chi connectivity index (χ3v) is 4.40. The summed E-state index contributed by atoms with van der Waals surface area (Å²) in [6.07, 6.45) is 1.75. The maximum atomic E-state index is 5.64. The van der Waals surface area contributed by atoms with Gasteiger partial charge in [0.15, 0.2) is 5.58 Å². The summed E-state index contributed by atoms with van der Waals surface area (Å²) >= 11 is 8.23. The van der Waals surface area contributed by atoms with E-state index in [9.17, 15) is 0 Å².